The molecule has 0 aromatic rings. The molecule has 3 nitrogen and oxygen atoms in total. The molecule has 3 heteroatoms. The molecule has 1 aliphatic rings. The fourth-order valence-corrected chi connectivity index (χ4v) is 1.58. The second-order valence-corrected chi connectivity index (χ2v) is 3.55. The standard InChI is InChI=1S/C10H19NO2/c1-2-10(12)11-6-3-9-4-7-13-8-5-9/h9H,2-8H2,1H3,(H,11,12). The number of rotatable bonds is 4. The Bertz CT molecular complexity index is 153. The van der Waals surface area contributed by atoms with Crippen LogP contribution < -0.4 is 5.32 Å². The molecule has 76 valence electrons. The van der Waals surface area contributed by atoms with Crippen molar-refractivity contribution in [2.75, 3.05) is 19.8 Å². The van der Waals surface area contributed by atoms with Crippen LogP contribution in [0, 0.1) is 5.92 Å². The normalized spacial score (nSPS) is 18.5. The number of amides is 1. The van der Waals surface area contributed by atoms with E-state index in [1.807, 2.05) is 6.92 Å². The molecule has 1 N–H and O–H groups in total. The largest absolute Gasteiger partial charge is 0.381 e. The van der Waals surface area contributed by atoms with Gasteiger partial charge in [0.2, 0.25) is 5.91 Å². The fourth-order valence-electron chi connectivity index (χ4n) is 1.58. The maximum Gasteiger partial charge on any atom is 0.219 e. The van der Waals surface area contributed by atoms with E-state index in [0.717, 1.165) is 44.9 Å². The lowest BCUT2D eigenvalue weighted by molar-refractivity contribution is -0.120. The van der Waals surface area contributed by atoms with Gasteiger partial charge in [-0.2, -0.15) is 0 Å². The van der Waals surface area contributed by atoms with Gasteiger partial charge in [-0.25, -0.2) is 0 Å². The van der Waals surface area contributed by atoms with Crippen LogP contribution in [0.3, 0.4) is 0 Å². The van der Waals surface area contributed by atoms with E-state index in [2.05, 4.69) is 5.32 Å². The lowest BCUT2D eigenvalue weighted by Gasteiger charge is -2.21. The van der Waals surface area contributed by atoms with E-state index in [9.17, 15) is 4.79 Å². The summed E-state index contributed by atoms with van der Waals surface area (Å²) in [4.78, 5) is 10.9. The maximum absolute atomic E-state index is 10.9. The molecule has 0 atom stereocenters. The zero-order chi connectivity index (χ0) is 9.52. The molecule has 1 rings (SSSR count). The highest BCUT2D eigenvalue weighted by Gasteiger charge is 2.13. The maximum atomic E-state index is 10.9. The van der Waals surface area contributed by atoms with Crippen LogP contribution in [0.25, 0.3) is 0 Å². The van der Waals surface area contributed by atoms with Gasteiger partial charge in [0.15, 0.2) is 0 Å². The SMILES string of the molecule is CCC(=O)NCCC1CCOCC1. The smallest absolute Gasteiger partial charge is 0.219 e. The third kappa shape index (κ3) is 4.27. The van der Waals surface area contributed by atoms with Gasteiger partial charge >= 0.3 is 0 Å². The first-order valence-corrected chi connectivity index (χ1v) is 5.17. The van der Waals surface area contributed by atoms with Crippen LogP contribution in [0.2, 0.25) is 0 Å². The van der Waals surface area contributed by atoms with E-state index in [1.54, 1.807) is 0 Å². The summed E-state index contributed by atoms with van der Waals surface area (Å²) in [5.41, 5.74) is 0. The summed E-state index contributed by atoms with van der Waals surface area (Å²) in [7, 11) is 0. The molecule has 0 bridgehead atoms. The third-order valence-electron chi connectivity index (χ3n) is 2.54. The summed E-state index contributed by atoms with van der Waals surface area (Å²) in [6.45, 7) is 4.50. The van der Waals surface area contributed by atoms with Crippen LogP contribution >= 0.6 is 0 Å². The van der Waals surface area contributed by atoms with Crippen LogP contribution in [0.5, 0.6) is 0 Å². The topological polar surface area (TPSA) is 38.3 Å². The molecule has 1 amide bonds. The number of hydrogen-bond acceptors (Lipinski definition) is 2. The molecule has 1 saturated heterocycles. The van der Waals surface area contributed by atoms with E-state index >= 15 is 0 Å². The number of nitrogens with one attached hydrogen (secondary N) is 1. The lowest BCUT2D eigenvalue weighted by atomic mass is 9.97. The van der Waals surface area contributed by atoms with Crippen molar-refractivity contribution in [3.8, 4) is 0 Å². The molecule has 0 aromatic carbocycles. The van der Waals surface area contributed by atoms with Gasteiger partial charge in [-0.1, -0.05) is 6.92 Å². The summed E-state index contributed by atoms with van der Waals surface area (Å²) < 4.78 is 5.26. The van der Waals surface area contributed by atoms with Crippen LogP contribution in [-0.2, 0) is 9.53 Å². The molecular weight excluding hydrogens is 166 g/mol. The minimum absolute atomic E-state index is 0.159. The predicted octanol–water partition coefficient (Wildman–Crippen LogP) is 1.33. The van der Waals surface area contributed by atoms with Gasteiger partial charge < -0.3 is 10.1 Å². The Morgan fingerprint density at radius 1 is 1.46 bits per heavy atom. The highest BCUT2D eigenvalue weighted by Crippen LogP contribution is 2.17. The van der Waals surface area contributed by atoms with Crippen LogP contribution in [-0.4, -0.2) is 25.7 Å². The van der Waals surface area contributed by atoms with Gasteiger partial charge in [-0.15, -0.1) is 0 Å². The molecule has 1 fully saturated rings. The Labute approximate surface area is 79.8 Å². The van der Waals surface area contributed by atoms with Crippen molar-refractivity contribution in [3.05, 3.63) is 0 Å². The van der Waals surface area contributed by atoms with E-state index in [4.69, 9.17) is 4.74 Å². The van der Waals surface area contributed by atoms with Gasteiger partial charge in [-0.3, -0.25) is 4.79 Å². The number of ether oxygens (including phenoxy) is 1. The van der Waals surface area contributed by atoms with Gasteiger partial charge in [-0.05, 0) is 25.2 Å². The summed E-state index contributed by atoms with van der Waals surface area (Å²) in [5, 5.41) is 2.90. The Morgan fingerprint density at radius 3 is 2.77 bits per heavy atom. The summed E-state index contributed by atoms with van der Waals surface area (Å²) in [5.74, 6) is 0.915. The second-order valence-electron chi connectivity index (χ2n) is 3.55. The number of carbonyl (C=O) groups excluding carboxylic acids is 1. The highest BCUT2D eigenvalue weighted by molar-refractivity contribution is 5.75. The van der Waals surface area contributed by atoms with Crippen molar-refractivity contribution in [2.24, 2.45) is 5.92 Å². The van der Waals surface area contributed by atoms with Gasteiger partial charge in [0.1, 0.15) is 0 Å². The van der Waals surface area contributed by atoms with Gasteiger partial charge in [0.05, 0.1) is 0 Å². The summed E-state index contributed by atoms with van der Waals surface area (Å²) in [6, 6.07) is 0. The first-order chi connectivity index (χ1) is 6.33. The van der Waals surface area contributed by atoms with E-state index < -0.39 is 0 Å². The average Bonchev–Trinajstić information content (AvgIpc) is 2.19. The van der Waals surface area contributed by atoms with Crippen molar-refractivity contribution < 1.29 is 9.53 Å². The zero-order valence-electron chi connectivity index (χ0n) is 8.34. The Hall–Kier alpha value is -0.570. The molecule has 13 heavy (non-hydrogen) atoms. The van der Waals surface area contributed by atoms with Crippen LogP contribution in [0.1, 0.15) is 32.6 Å². The molecular formula is C10H19NO2. The monoisotopic (exact) mass is 185 g/mol. The van der Waals surface area contributed by atoms with E-state index in [1.165, 1.54) is 0 Å². The quantitative estimate of drug-likeness (QED) is 0.717. The van der Waals surface area contributed by atoms with Gasteiger partial charge in [0.25, 0.3) is 0 Å². The molecule has 1 heterocycles. The van der Waals surface area contributed by atoms with Crippen molar-refractivity contribution in [1.29, 1.82) is 0 Å². The lowest BCUT2D eigenvalue weighted by Crippen LogP contribution is -2.26. The molecule has 0 radical (unpaired) electrons. The first kappa shape index (κ1) is 10.5. The number of hydrogen-bond donors (Lipinski definition) is 1. The van der Waals surface area contributed by atoms with E-state index in [-0.39, 0.29) is 5.91 Å². The van der Waals surface area contributed by atoms with Crippen molar-refractivity contribution in [3.63, 3.8) is 0 Å². The summed E-state index contributed by atoms with van der Waals surface area (Å²) >= 11 is 0. The highest BCUT2D eigenvalue weighted by atomic mass is 16.5. The fraction of sp³-hybridized carbons (Fsp3) is 0.900. The van der Waals surface area contributed by atoms with Crippen molar-refractivity contribution in [1.82, 2.24) is 5.32 Å². The Kier molecular flexibility index (Phi) is 4.83. The zero-order valence-corrected chi connectivity index (χ0v) is 8.34. The molecule has 0 spiro atoms. The second kappa shape index (κ2) is 5.97. The minimum atomic E-state index is 0.159. The average molecular weight is 185 g/mol. The first-order valence-electron chi connectivity index (χ1n) is 5.17. The van der Waals surface area contributed by atoms with Crippen molar-refractivity contribution in [2.45, 2.75) is 32.6 Å². The molecule has 0 aliphatic carbocycles. The van der Waals surface area contributed by atoms with Crippen LogP contribution in [0.15, 0.2) is 0 Å². The molecule has 0 unspecified atom stereocenters. The van der Waals surface area contributed by atoms with Crippen molar-refractivity contribution >= 4 is 5.91 Å². The minimum Gasteiger partial charge on any atom is -0.381 e. The van der Waals surface area contributed by atoms with E-state index in [0.29, 0.717) is 6.42 Å². The molecule has 1 aliphatic heterocycles. The Balaban J connectivity index is 2.01. The molecule has 0 saturated carbocycles. The van der Waals surface area contributed by atoms with Crippen LogP contribution in [0.4, 0.5) is 0 Å². The molecule has 0 aromatic heterocycles. The summed E-state index contributed by atoms with van der Waals surface area (Å²) in [6.07, 6.45) is 4.01. The Morgan fingerprint density at radius 2 is 2.15 bits per heavy atom. The van der Waals surface area contributed by atoms with Gasteiger partial charge in [0, 0.05) is 26.2 Å². The predicted molar refractivity (Wildman–Crippen MR) is 51.5 cm³/mol. The number of carbonyl (C=O) groups is 1. The third-order valence-corrected chi connectivity index (χ3v) is 2.54.